The fourth-order valence-electron chi connectivity index (χ4n) is 4.28. The fourth-order valence-corrected chi connectivity index (χ4v) is 7.02. The molecular weight excluding hydrogens is 683 g/mol. The van der Waals surface area contributed by atoms with Crippen molar-refractivity contribution in [1.29, 1.82) is 0 Å². The molecule has 0 spiro atoms. The Morgan fingerprint density at radius 1 is 1.24 bits per heavy atom. The SMILES string of the molecule is CCOC(=O)C1=C(C)N=c2s/c(=C\c3cc(Br)cc(I)c3OCC)c(=O)n2[C@H]1c1ccccc1OC(C)C. The zero-order chi connectivity index (χ0) is 27.6. The summed E-state index contributed by atoms with van der Waals surface area (Å²) >= 11 is 7.04. The summed E-state index contributed by atoms with van der Waals surface area (Å²) in [6.45, 7) is 10.0. The molecule has 1 aromatic heterocycles. The third kappa shape index (κ3) is 5.76. The van der Waals surface area contributed by atoms with Gasteiger partial charge in [0, 0.05) is 15.6 Å². The molecule has 2 heterocycles. The number of ether oxygens (including phenoxy) is 3. The summed E-state index contributed by atoms with van der Waals surface area (Å²) in [6, 6.07) is 10.6. The maximum atomic E-state index is 14.0. The van der Waals surface area contributed by atoms with E-state index in [2.05, 4.69) is 43.5 Å². The Balaban J connectivity index is 2.01. The van der Waals surface area contributed by atoms with Crippen molar-refractivity contribution in [2.75, 3.05) is 13.2 Å². The molecule has 2 aromatic carbocycles. The van der Waals surface area contributed by atoms with Crippen LogP contribution in [0.15, 0.2) is 61.9 Å². The molecule has 10 heteroatoms. The van der Waals surface area contributed by atoms with Crippen LogP contribution in [0.4, 0.5) is 0 Å². The minimum Gasteiger partial charge on any atom is -0.492 e. The Hall–Kier alpha value is -2.44. The van der Waals surface area contributed by atoms with Gasteiger partial charge in [-0.25, -0.2) is 9.79 Å². The van der Waals surface area contributed by atoms with E-state index in [9.17, 15) is 9.59 Å². The predicted octanol–water partition coefficient (Wildman–Crippen LogP) is 5.35. The molecular formula is C28H28BrIN2O5S. The van der Waals surface area contributed by atoms with Gasteiger partial charge in [0.25, 0.3) is 5.56 Å². The van der Waals surface area contributed by atoms with Crippen molar-refractivity contribution in [2.24, 2.45) is 4.99 Å². The topological polar surface area (TPSA) is 79.1 Å². The van der Waals surface area contributed by atoms with Crippen molar-refractivity contribution < 1.29 is 19.0 Å². The smallest absolute Gasteiger partial charge is 0.338 e. The normalized spacial score (nSPS) is 15.4. The van der Waals surface area contributed by atoms with Gasteiger partial charge in [0.15, 0.2) is 4.80 Å². The first kappa shape index (κ1) is 28.6. The number of para-hydroxylation sites is 1. The van der Waals surface area contributed by atoms with Gasteiger partial charge in [-0.2, -0.15) is 0 Å². The number of fused-ring (bicyclic) bond motifs is 1. The molecule has 200 valence electrons. The lowest BCUT2D eigenvalue weighted by Crippen LogP contribution is -2.40. The van der Waals surface area contributed by atoms with Crippen LogP contribution in [-0.4, -0.2) is 29.9 Å². The summed E-state index contributed by atoms with van der Waals surface area (Å²) in [6.07, 6.45) is 1.72. The van der Waals surface area contributed by atoms with Crippen LogP contribution < -0.4 is 24.4 Å². The highest BCUT2D eigenvalue weighted by Crippen LogP contribution is 2.36. The molecule has 0 amide bonds. The molecule has 0 fully saturated rings. The van der Waals surface area contributed by atoms with E-state index in [1.165, 1.54) is 11.3 Å². The van der Waals surface area contributed by atoms with Crippen molar-refractivity contribution in [3.63, 3.8) is 0 Å². The molecule has 0 aliphatic carbocycles. The molecule has 7 nitrogen and oxygen atoms in total. The number of allylic oxidation sites excluding steroid dienone is 1. The number of thiazole rings is 1. The second kappa shape index (κ2) is 12.2. The summed E-state index contributed by atoms with van der Waals surface area (Å²) in [7, 11) is 0. The van der Waals surface area contributed by atoms with Gasteiger partial charge in [-0.3, -0.25) is 9.36 Å². The van der Waals surface area contributed by atoms with Gasteiger partial charge < -0.3 is 14.2 Å². The van der Waals surface area contributed by atoms with Crippen LogP contribution in [0.1, 0.15) is 51.8 Å². The Labute approximate surface area is 247 Å². The molecule has 4 rings (SSSR count). The number of carbonyl (C=O) groups is 1. The van der Waals surface area contributed by atoms with Crippen LogP contribution in [0.5, 0.6) is 11.5 Å². The Morgan fingerprint density at radius 3 is 2.66 bits per heavy atom. The van der Waals surface area contributed by atoms with Crippen molar-refractivity contribution in [2.45, 2.75) is 46.8 Å². The summed E-state index contributed by atoms with van der Waals surface area (Å²) in [5.41, 5.74) is 2.03. The number of esters is 1. The third-order valence-corrected chi connectivity index (χ3v) is 7.95. The predicted molar refractivity (Wildman–Crippen MR) is 161 cm³/mol. The highest BCUT2D eigenvalue weighted by atomic mass is 127. The van der Waals surface area contributed by atoms with Gasteiger partial charge >= 0.3 is 5.97 Å². The van der Waals surface area contributed by atoms with E-state index in [1.54, 1.807) is 18.4 Å². The quantitative estimate of drug-likeness (QED) is 0.233. The van der Waals surface area contributed by atoms with E-state index in [1.807, 2.05) is 63.2 Å². The van der Waals surface area contributed by atoms with Gasteiger partial charge in [0.1, 0.15) is 17.5 Å². The second-order valence-corrected chi connectivity index (χ2v) is 11.8. The Bertz CT molecular complexity index is 1590. The van der Waals surface area contributed by atoms with Crippen molar-refractivity contribution in [3.8, 4) is 11.5 Å². The van der Waals surface area contributed by atoms with Crippen LogP contribution in [-0.2, 0) is 9.53 Å². The number of nitrogens with zero attached hydrogens (tertiary/aromatic N) is 2. The molecule has 0 radical (unpaired) electrons. The number of rotatable bonds is 8. The molecule has 3 aromatic rings. The van der Waals surface area contributed by atoms with E-state index in [4.69, 9.17) is 14.2 Å². The molecule has 0 unspecified atom stereocenters. The monoisotopic (exact) mass is 710 g/mol. The third-order valence-electron chi connectivity index (χ3n) is 5.71. The van der Waals surface area contributed by atoms with Crippen molar-refractivity contribution >= 4 is 61.9 Å². The van der Waals surface area contributed by atoms with Crippen molar-refractivity contribution in [1.82, 2.24) is 4.57 Å². The van der Waals surface area contributed by atoms with E-state index < -0.39 is 12.0 Å². The Kier molecular flexibility index (Phi) is 9.15. The zero-order valence-corrected chi connectivity index (χ0v) is 26.3. The first-order chi connectivity index (χ1) is 18.2. The average molecular weight is 711 g/mol. The molecule has 0 N–H and O–H groups in total. The second-order valence-electron chi connectivity index (χ2n) is 8.75. The molecule has 1 aliphatic rings. The van der Waals surface area contributed by atoms with Gasteiger partial charge in [-0.1, -0.05) is 45.5 Å². The summed E-state index contributed by atoms with van der Waals surface area (Å²) in [5, 5.41) is 0. The van der Waals surface area contributed by atoms with Gasteiger partial charge in [-0.05, 0) is 81.5 Å². The number of aromatic nitrogens is 1. The lowest BCUT2D eigenvalue weighted by molar-refractivity contribution is -0.139. The first-order valence-corrected chi connectivity index (χ1v) is 14.9. The number of carbonyl (C=O) groups excluding carboxylic acids is 1. The zero-order valence-electron chi connectivity index (χ0n) is 21.7. The van der Waals surface area contributed by atoms with Crippen LogP contribution >= 0.6 is 49.9 Å². The first-order valence-electron chi connectivity index (χ1n) is 12.2. The Morgan fingerprint density at radius 2 is 1.97 bits per heavy atom. The van der Waals surface area contributed by atoms with Gasteiger partial charge in [0.05, 0.1) is 38.7 Å². The van der Waals surface area contributed by atoms with E-state index in [0.717, 1.165) is 13.6 Å². The average Bonchev–Trinajstić information content (AvgIpc) is 3.15. The molecule has 1 atom stereocenters. The molecule has 0 saturated heterocycles. The van der Waals surface area contributed by atoms with Crippen LogP contribution in [0.25, 0.3) is 6.08 Å². The molecule has 38 heavy (non-hydrogen) atoms. The maximum Gasteiger partial charge on any atom is 0.338 e. The van der Waals surface area contributed by atoms with E-state index in [-0.39, 0.29) is 18.3 Å². The van der Waals surface area contributed by atoms with Gasteiger partial charge in [-0.15, -0.1) is 0 Å². The minimum absolute atomic E-state index is 0.0981. The lowest BCUT2D eigenvalue weighted by Gasteiger charge is -2.26. The van der Waals surface area contributed by atoms with Gasteiger partial charge in [0.2, 0.25) is 0 Å². The highest BCUT2D eigenvalue weighted by Gasteiger charge is 2.35. The van der Waals surface area contributed by atoms with E-state index >= 15 is 0 Å². The largest absolute Gasteiger partial charge is 0.492 e. The molecule has 0 bridgehead atoms. The number of benzene rings is 2. The van der Waals surface area contributed by atoms with Crippen LogP contribution in [0.2, 0.25) is 0 Å². The molecule has 0 saturated carbocycles. The summed E-state index contributed by atoms with van der Waals surface area (Å²) in [5.74, 6) is 0.795. The maximum absolute atomic E-state index is 14.0. The minimum atomic E-state index is -0.753. The number of hydrogen-bond acceptors (Lipinski definition) is 7. The number of halogens is 2. The lowest BCUT2D eigenvalue weighted by atomic mass is 9.95. The standard InChI is InChI=1S/C28H28BrIN2O5S/c1-6-35-25-17(12-18(29)14-20(25)30)13-22-26(33)32-24(19-10-8-9-11-21(19)37-15(3)4)23(27(34)36-7-2)16(5)31-28(32)38-22/h8-15,24H,6-7H2,1-5H3/b22-13-/t24-/m0/s1. The van der Waals surface area contributed by atoms with E-state index in [0.29, 0.717) is 44.3 Å². The van der Waals surface area contributed by atoms with Crippen LogP contribution in [0.3, 0.4) is 0 Å². The highest BCUT2D eigenvalue weighted by molar-refractivity contribution is 14.1. The summed E-state index contributed by atoms with van der Waals surface area (Å²) in [4.78, 5) is 32.4. The summed E-state index contributed by atoms with van der Waals surface area (Å²) < 4.78 is 21.3. The fraction of sp³-hybridized carbons (Fsp3) is 0.321. The van der Waals surface area contributed by atoms with Crippen molar-refractivity contribution in [3.05, 3.63) is 86.5 Å². The molecule has 1 aliphatic heterocycles. The van der Waals surface area contributed by atoms with Crippen LogP contribution in [0, 0.1) is 3.57 Å². The number of hydrogen-bond donors (Lipinski definition) is 0.